The van der Waals surface area contributed by atoms with Gasteiger partial charge in [-0.25, -0.2) is 0 Å². The molecule has 1 nitrogen and oxygen atoms in total. The van der Waals surface area contributed by atoms with E-state index in [0.29, 0.717) is 5.92 Å². The number of benzene rings is 10. The zero-order valence-corrected chi connectivity index (χ0v) is 31.9. The number of nitrogens with zero attached hydrogens (tertiary/aromatic N) is 1. The number of aromatic nitrogens is 1. The number of rotatable bonds is 4. The van der Waals surface area contributed by atoms with Crippen molar-refractivity contribution in [3.8, 4) is 27.9 Å². The zero-order valence-electron chi connectivity index (χ0n) is 31.9. The van der Waals surface area contributed by atoms with Crippen molar-refractivity contribution in [1.82, 2.24) is 4.57 Å². The molecule has 12 rings (SSSR count). The molecule has 1 aromatic heterocycles. The zero-order chi connectivity index (χ0) is 37.5. The van der Waals surface area contributed by atoms with Gasteiger partial charge in [0.1, 0.15) is 0 Å². The van der Waals surface area contributed by atoms with E-state index in [2.05, 4.69) is 187 Å². The number of hydrogen-bond acceptors (Lipinski definition) is 0. The summed E-state index contributed by atoms with van der Waals surface area (Å²) in [6.45, 7) is 0. The lowest BCUT2D eigenvalue weighted by Gasteiger charge is -2.25. The predicted molar refractivity (Wildman–Crippen MR) is 245 cm³/mol. The molecule has 0 spiro atoms. The molecule has 0 saturated heterocycles. The fourth-order valence-corrected chi connectivity index (χ4v) is 10.7. The Morgan fingerprint density at radius 3 is 1.51 bits per heavy atom. The molecular weight excluding hydrogens is 687 g/mol. The maximum Gasteiger partial charge on any atom is 0.0547 e. The Hall–Kier alpha value is -6.70. The highest BCUT2D eigenvalue weighted by Crippen LogP contribution is 2.47. The molecule has 1 heterocycles. The third-order valence-corrected chi connectivity index (χ3v) is 13.1. The van der Waals surface area contributed by atoms with Crippen LogP contribution in [0.2, 0.25) is 0 Å². The van der Waals surface area contributed by atoms with Gasteiger partial charge >= 0.3 is 0 Å². The minimum absolute atomic E-state index is 0.594. The second-order valence-electron chi connectivity index (χ2n) is 16.2. The molecule has 0 radical (unpaired) electrons. The Morgan fingerprint density at radius 2 is 0.860 bits per heavy atom. The SMILES string of the molecule is c1ccc(-c2c3ccccc3c(-c3ccc(-n4c5ccc6ccccc6c5c5c6cc7ccccc7c(C7CCCCC7)c6ccc54)cc3)c3ccccc23)cc1. The Morgan fingerprint density at radius 1 is 0.351 bits per heavy atom. The van der Waals surface area contributed by atoms with Gasteiger partial charge < -0.3 is 4.57 Å². The summed E-state index contributed by atoms with van der Waals surface area (Å²) >= 11 is 0. The smallest absolute Gasteiger partial charge is 0.0547 e. The van der Waals surface area contributed by atoms with Gasteiger partial charge in [-0.15, -0.1) is 0 Å². The Balaban J connectivity index is 1.12. The van der Waals surface area contributed by atoms with Crippen LogP contribution in [0.3, 0.4) is 0 Å². The minimum Gasteiger partial charge on any atom is -0.309 e. The first-order chi connectivity index (χ1) is 28.3. The third-order valence-electron chi connectivity index (χ3n) is 13.1. The van der Waals surface area contributed by atoms with Crippen molar-refractivity contribution in [3.05, 3.63) is 188 Å². The standard InChI is InChI=1S/C56H41N/c1-3-16-37(17-4-1)52-43-22-10-8-20-40(43)35-49-48(52)32-34-51-56(49)55-42-21-9-7-15-36(42)29-33-50(55)57(51)41-30-27-39(28-31-41)54-46-25-13-11-23-44(46)53(38-18-5-2-6-19-38)45-24-12-14-26-47(45)54/h2,5-15,18-35,37H,1,3-4,16-17H2. The van der Waals surface area contributed by atoms with Gasteiger partial charge in [0.25, 0.3) is 0 Å². The van der Waals surface area contributed by atoms with Gasteiger partial charge in [0.2, 0.25) is 0 Å². The largest absolute Gasteiger partial charge is 0.309 e. The van der Waals surface area contributed by atoms with E-state index in [1.165, 1.54) is 136 Å². The Bertz CT molecular complexity index is 3300. The predicted octanol–water partition coefficient (Wildman–Crippen LogP) is 15.9. The van der Waals surface area contributed by atoms with Crippen molar-refractivity contribution in [3.63, 3.8) is 0 Å². The van der Waals surface area contributed by atoms with Gasteiger partial charge in [0.15, 0.2) is 0 Å². The van der Waals surface area contributed by atoms with E-state index in [1.54, 1.807) is 5.56 Å². The molecule has 0 N–H and O–H groups in total. The lowest BCUT2D eigenvalue weighted by atomic mass is 9.79. The van der Waals surface area contributed by atoms with Crippen LogP contribution in [0.25, 0.3) is 104 Å². The van der Waals surface area contributed by atoms with Crippen LogP contribution in [0.1, 0.15) is 43.6 Å². The highest BCUT2D eigenvalue weighted by molar-refractivity contribution is 6.30. The third kappa shape index (κ3) is 4.95. The van der Waals surface area contributed by atoms with E-state index < -0.39 is 0 Å². The molecule has 0 atom stereocenters. The van der Waals surface area contributed by atoms with E-state index in [-0.39, 0.29) is 0 Å². The topological polar surface area (TPSA) is 4.93 Å². The molecule has 270 valence electrons. The highest BCUT2D eigenvalue weighted by Gasteiger charge is 2.24. The summed E-state index contributed by atoms with van der Waals surface area (Å²) in [4.78, 5) is 0. The monoisotopic (exact) mass is 727 g/mol. The average molecular weight is 728 g/mol. The molecule has 1 fully saturated rings. The summed E-state index contributed by atoms with van der Waals surface area (Å²) in [7, 11) is 0. The maximum absolute atomic E-state index is 2.52. The summed E-state index contributed by atoms with van der Waals surface area (Å²) in [5, 5.41) is 16.0. The van der Waals surface area contributed by atoms with Gasteiger partial charge in [-0.3, -0.25) is 0 Å². The van der Waals surface area contributed by atoms with Crippen LogP contribution in [0, 0.1) is 0 Å². The van der Waals surface area contributed by atoms with Crippen LogP contribution in [-0.4, -0.2) is 4.57 Å². The summed E-state index contributed by atoms with van der Waals surface area (Å²) in [6.07, 6.45) is 6.54. The Kier molecular flexibility index (Phi) is 7.38. The lowest BCUT2D eigenvalue weighted by Crippen LogP contribution is -2.06. The first kappa shape index (κ1) is 32.5. The van der Waals surface area contributed by atoms with E-state index in [4.69, 9.17) is 0 Å². The van der Waals surface area contributed by atoms with Gasteiger partial charge in [-0.2, -0.15) is 0 Å². The molecule has 1 aliphatic rings. The second kappa shape index (κ2) is 12.9. The molecule has 0 unspecified atom stereocenters. The molecule has 10 aromatic carbocycles. The molecule has 57 heavy (non-hydrogen) atoms. The molecular formula is C56H41N. The van der Waals surface area contributed by atoms with Crippen molar-refractivity contribution < 1.29 is 0 Å². The Labute approximate surface area is 332 Å². The van der Waals surface area contributed by atoms with Gasteiger partial charge in [-0.05, 0) is 131 Å². The molecule has 1 aliphatic carbocycles. The number of hydrogen-bond donors (Lipinski definition) is 0. The molecule has 0 bridgehead atoms. The van der Waals surface area contributed by atoms with Crippen LogP contribution < -0.4 is 0 Å². The van der Waals surface area contributed by atoms with Gasteiger partial charge in [0, 0.05) is 16.5 Å². The normalized spacial score (nSPS) is 13.9. The first-order valence-corrected chi connectivity index (χ1v) is 20.7. The van der Waals surface area contributed by atoms with Crippen molar-refractivity contribution >= 4 is 75.7 Å². The average Bonchev–Trinajstić information content (AvgIpc) is 3.63. The van der Waals surface area contributed by atoms with Crippen molar-refractivity contribution in [2.45, 2.75) is 38.0 Å². The van der Waals surface area contributed by atoms with Crippen LogP contribution in [0.4, 0.5) is 0 Å². The quantitative estimate of drug-likeness (QED) is 0.159. The molecule has 0 amide bonds. The van der Waals surface area contributed by atoms with E-state index in [9.17, 15) is 0 Å². The summed E-state index contributed by atoms with van der Waals surface area (Å²) < 4.78 is 2.52. The summed E-state index contributed by atoms with van der Waals surface area (Å²) in [5.74, 6) is 0.594. The van der Waals surface area contributed by atoms with Crippen LogP contribution in [0.5, 0.6) is 0 Å². The van der Waals surface area contributed by atoms with E-state index in [1.807, 2.05) is 0 Å². The first-order valence-electron chi connectivity index (χ1n) is 20.7. The van der Waals surface area contributed by atoms with Crippen molar-refractivity contribution in [2.24, 2.45) is 0 Å². The van der Waals surface area contributed by atoms with Crippen LogP contribution >= 0.6 is 0 Å². The summed E-state index contributed by atoms with van der Waals surface area (Å²) in [5.41, 5.74) is 10.3. The highest BCUT2D eigenvalue weighted by atomic mass is 15.0. The van der Waals surface area contributed by atoms with Crippen molar-refractivity contribution in [1.29, 1.82) is 0 Å². The van der Waals surface area contributed by atoms with E-state index in [0.717, 1.165) is 0 Å². The van der Waals surface area contributed by atoms with Gasteiger partial charge in [0.05, 0.1) is 11.0 Å². The lowest BCUT2D eigenvalue weighted by molar-refractivity contribution is 0.447. The molecule has 11 aromatic rings. The fraction of sp³-hybridized carbons (Fsp3) is 0.107. The van der Waals surface area contributed by atoms with Crippen molar-refractivity contribution in [2.75, 3.05) is 0 Å². The fourth-order valence-electron chi connectivity index (χ4n) is 10.7. The maximum atomic E-state index is 2.52. The summed E-state index contributed by atoms with van der Waals surface area (Å²) in [6, 6.07) is 68.2. The van der Waals surface area contributed by atoms with Crippen LogP contribution in [-0.2, 0) is 0 Å². The van der Waals surface area contributed by atoms with Crippen LogP contribution in [0.15, 0.2) is 182 Å². The molecule has 1 heteroatoms. The van der Waals surface area contributed by atoms with Gasteiger partial charge in [-0.1, -0.05) is 171 Å². The molecule has 0 aliphatic heterocycles. The minimum atomic E-state index is 0.594. The van der Waals surface area contributed by atoms with E-state index >= 15 is 0 Å². The molecule has 1 saturated carbocycles. The second-order valence-corrected chi connectivity index (χ2v) is 16.2. The number of fused-ring (bicyclic) bond motifs is 10.